The van der Waals surface area contributed by atoms with Crippen molar-refractivity contribution >= 4 is 5.69 Å². The summed E-state index contributed by atoms with van der Waals surface area (Å²) >= 11 is 0. The van der Waals surface area contributed by atoms with E-state index in [0.29, 0.717) is 5.92 Å². The van der Waals surface area contributed by atoms with E-state index in [-0.39, 0.29) is 21.4 Å². The number of nitro groups is 1. The van der Waals surface area contributed by atoms with Gasteiger partial charge in [-0.1, -0.05) is 34.6 Å². The molecule has 98 valence electrons. The van der Waals surface area contributed by atoms with Gasteiger partial charge in [-0.3, -0.25) is 10.1 Å². The first-order valence-corrected chi connectivity index (χ1v) is 6.40. The Labute approximate surface area is 108 Å². The zero-order valence-corrected chi connectivity index (χ0v) is 12.0. The summed E-state index contributed by atoms with van der Waals surface area (Å²) in [5, 5.41) is 11.1. The van der Waals surface area contributed by atoms with Gasteiger partial charge in [-0.05, 0) is 40.9 Å². The minimum atomic E-state index is -0.276. The number of hydrogen-bond donors (Lipinski definition) is 0. The molecule has 0 radical (unpaired) electrons. The highest BCUT2D eigenvalue weighted by Crippen LogP contribution is 2.54. The Kier molecular flexibility index (Phi) is 2.58. The van der Waals surface area contributed by atoms with Crippen LogP contribution < -0.4 is 0 Å². The number of nitro benzene ring substituents is 1. The molecule has 3 nitrogen and oxygen atoms in total. The van der Waals surface area contributed by atoms with Crippen LogP contribution in [0.15, 0.2) is 12.1 Å². The molecule has 3 heteroatoms. The highest BCUT2D eigenvalue weighted by Gasteiger charge is 2.49. The maximum Gasteiger partial charge on any atom is 0.272 e. The second-order valence-electron chi connectivity index (χ2n) is 6.61. The molecule has 0 unspecified atom stereocenters. The van der Waals surface area contributed by atoms with E-state index in [2.05, 4.69) is 34.6 Å². The predicted molar refractivity (Wildman–Crippen MR) is 73.0 cm³/mol. The lowest BCUT2D eigenvalue weighted by molar-refractivity contribution is -0.385. The van der Waals surface area contributed by atoms with Gasteiger partial charge in [0.15, 0.2) is 0 Å². The second-order valence-corrected chi connectivity index (χ2v) is 6.61. The second kappa shape index (κ2) is 3.56. The summed E-state index contributed by atoms with van der Waals surface area (Å²) in [5.41, 5.74) is 3.46. The van der Waals surface area contributed by atoms with Crippen LogP contribution in [0.2, 0.25) is 0 Å². The minimum absolute atomic E-state index is 0.0166. The van der Waals surface area contributed by atoms with E-state index in [1.807, 2.05) is 13.0 Å². The fraction of sp³-hybridized carbons (Fsp3) is 0.600. The molecule has 18 heavy (non-hydrogen) atoms. The Morgan fingerprint density at radius 2 is 1.56 bits per heavy atom. The number of aryl methyl sites for hydroxylation is 1. The van der Waals surface area contributed by atoms with Crippen LogP contribution in [0.5, 0.6) is 0 Å². The summed E-state index contributed by atoms with van der Waals surface area (Å²) in [6.07, 6.45) is 0. The van der Waals surface area contributed by atoms with Crippen LogP contribution in [-0.4, -0.2) is 4.92 Å². The average Bonchev–Trinajstić information content (AvgIpc) is 2.37. The molecule has 1 aliphatic rings. The number of hydrogen-bond acceptors (Lipinski definition) is 2. The zero-order chi connectivity index (χ0) is 13.9. The predicted octanol–water partition coefficient (Wildman–Crippen LogP) is 4.11. The number of fused-ring (bicyclic) bond motifs is 1. The topological polar surface area (TPSA) is 43.1 Å². The number of benzene rings is 1. The van der Waals surface area contributed by atoms with Gasteiger partial charge in [-0.15, -0.1) is 0 Å². The van der Waals surface area contributed by atoms with E-state index in [4.69, 9.17) is 0 Å². The molecule has 1 aromatic rings. The van der Waals surface area contributed by atoms with Gasteiger partial charge in [-0.2, -0.15) is 0 Å². The van der Waals surface area contributed by atoms with Crippen molar-refractivity contribution in [1.82, 2.24) is 0 Å². The van der Waals surface area contributed by atoms with Gasteiger partial charge in [0.25, 0.3) is 5.69 Å². The summed E-state index contributed by atoms with van der Waals surface area (Å²) in [5.74, 6) is 0.460. The molecule has 1 atom stereocenters. The smallest absolute Gasteiger partial charge is 0.258 e. The van der Waals surface area contributed by atoms with E-state index in [9.17, 15) is 10.1 Å². The third-order valence-corrected chi connectivity index (χ3v) is 5.09. The molecule has 0 saturated carbocycles. The fourth-order valence-electron chi connectivity index (χ4n) is 3.33. The molecule has 0 aromatic heterocycles. The van der Waals surface area contributed by atoms with Crippen molar-refractivity contribution in [3.63, 3.8) is 0 Å². The molecule has 0 spiro atoms. The van der Waals surface area contributed by atoms with E-state index >= 15 is 0 Å². The quantitative estimate of drug-likeness (QED) is 0.553. The maximum absolute atomic E-state index is 11.1. The van der Waals surface area contributed by atoms with Gasteiger partial charge < -0.3 is 0 Å². The van der Waals surface area contributed by atoms with Crippen LogP contribution in [0, 0.1) is 23.0 Å². The molecular formula is C15H21NO2. The molecule has 0 N–H and O–H groups in total. The van der Waals surface area contributed by atoms with Crippen molar-refractivity contribution in [3.05, 3.63) is 38.9 Å². The molecule has 0 saturated heterocycles. The largest absolute Gasteiger partial charge is 0.272 e. The van der Waals surface area contributed by atoms with Gasteiger partial charge >= 0.3 is 0 Å². The molecule has 0 heterocycles. The average molecular weight is 247 g/mol. The normalized spacial score (nSPS) is 23.8. The molecule has 0 aliphatic heterocycles. The summed E-state index contributed by atoms with van der Waals surface area (Å²) < 4.78 is 0. The van der Waals surface area contributed by atoms with Crippen molar-refractivity contribution in [2.45, 2.75) is 52.4 Å². The van der Waals surface area contributed by atoms with Crippen molar-refractivity contribution in [2.24, 2.45) is 5.92 Å². The molecule has 0 amide bonds. The Hall–Kier alpha value is -1.38. The summed E-state index contributed by atoms with van der Waals surface area (Å²) in [7, 11) is 0. The lowest BCUT2D eigenvalue weighted by Crippen LogP contribution is -2.30. The van der Waals surface area contributed by atoms with E-state index < -0.39 is 0 Å². The minimum Gasteiger partial charge on any atom is -0.258 e. The van der Waals surface area contributed by atoms with Crippen LogP contribution in [0.3, 0.4) is 0 Å². The highest BCUT2D eigenvalue weighted by atomic mass is 16.6. The molecule has 0 bridgehead atoms. The van der Waals surface area contributed by atoms with Crippen molar-refractivity contribution < 1.29 is 4.92 Å². The number of nitrogens with zero attached hydrogens (tertiary/aromatic N) is 1. The van der Waals surface area contributed by atoms with Crippen LogP contribution in [0.4, 0.5) is 5.69 Å². The van der Waals surface area contributed by atoms with Crippen molar-refractivity contribution in [3.8, 4) is 0 Å². The van der Waals surface area contributed by atoms with Crippen LogP contribution in [0.1, 0.15) is 51.3 Å². The summed E-state index contributed by atoms with van der Waals surface area (Å²) in [6, 6.07) is 3.80. The Bertz CT molecular complexity index is 530. The third kappa shape index (κ3) is 1.49. The van der Waals surface area contributed by atoms with Gasteiger partial charge in [0.05, 0.1) is 4.92 Å². The van der Waals surface area contributed by atoms with Gasteiger partial charge in [0.1, 0.15) is 0 Å². The SMILES string of the molecule is Cc1cc2c(cc1[N+](=O)[O-])C(C)(C)[C@H](C)C2(C)C. The van der Waals surface area contributed by atoms with Crippen molar-refractivity contribution in [2.75, 3.05) is 0 Å². The Morgan fingerprint density at radius 1 is 1.11 bits per heavy atom. The van der Waals surface area contributed by atoms with Crippen LogP contribution in [0.25, 0.3) is 0 Å². The van der Waals surface area contributed by atoms with Gasteiger partial charge in [0, 0.05) is 11.6 Å². The monoisotopic (exact) mass is 247 g/mol. The Morgan fingerprint density at radius 3 is 2.00 bits per heavy atom. The van der Waals surface area contributed by atoms with E-state index in [1.54, 1.807) is 6.07 Å². The lowest BCUT2D eigenvalue weighted by Gasteiger charge is -2.32. The third-order valence-electron chi connectivity index (χ3n) is 5.09. The zero-order valence-electron chi connectivity index (χ0n) is 12.0. The summed E-state index contributed by atoms with van der Waals surface area (Å²) in [6.45, 7) is 12.9. The van der Waals surface area contributed by atoms with E-state index in [1.165, 1.54) is 5.56 Å². The Balaban J connectivity index is 2.76. The molecule has 1 aliphatic carbocycles. The standard InChI is InChI=1S/C15H21NO2/c1-9-7-11-12(8-13(9)16(17)18)15(5,6)10(2)14(11,3)4/h7-8,10H,1-6H3/t10-/m1/s1. The lowest BCUT2D eigenvalue weighted by atomic mass is 9.71. The van der Waals surface area contributed by atoms with Crippen LogP contribution in [-0.2, 0) is 10.8 Å². The first-order valence-electron chi connectivity index (χ1n) is 6.40. The van der Waals surface area contributed by atoms with Crippen LogP contribution >= 0.6 is 0 Å². The molecule has 1 aromatic carbocycles. The molecule has 0 fully saturated rings. The first-order chi connectivity index (χ1) is 8.10. The van der Waals surface area contributed by atoms with Crippen molar-refractivity contribution in [1.29, 1.82) is 0 Å². The molecular weight excluding hydrogens is 226 g/mol. The molecule has 2 rings (SSSR count). The number of rotatable bonds is 1. The highest BCUT2D eigenvalue weighted by molar-refractivity contribution is 5.55. The maximum atomic E-state index is 11.1. The fourth-order valence-corrected chi connectivity index (χ4v) is 3.33. The van der Waals surface area contributed by atoms with Gasteiger partial charge in [0.2, 0.25) is 0 Å². The first kappa shape index (κ1) is 13.1. The van der Waals surface area contributed by atoms with E-state index in [0.717, 1.165) is 11.1 Å². The summed E-state index contributed by atoms with van der Waals surface area (Å²) in [4.78, 5) is 10.8. The van der Waals surface area contributed by atoms with Gasteiger partial charge in [-0.25, -0.2) is 0 Å².